The van der Waals surface area contributed by atoms with E-state index in [9.17, 15) is 8.78 Å². The van der Waals surface area contributed by atoms with Crippen LogP contribution in [0.3, 0.4) is 0 Å². The van der Waals surface area contributed by atoms with Crippen molar-refractivity contribution in [3.05, 3.63) is 29.8 Å². The lowest BCUT2D eigenvalue weighted by molar-refractivity contribution is -0.0443. The molecule has 0 bridgehead atoms. The number of nitrogens with two attached hydrogens (primary N) is 1. The molecule has 0 aromatic heterocycles. The normalized spacial score (nSPS) is 18.9. The molecule has 0 amide bonds. The van der Waals surface area contributed by atoms with E-state index in [0.717, 1.165) is 25.1 Å². The molecular weight excluding hydrogens is 258 g/mol. The van der Waals surface area contributed by atoms with Gasteiger partial charge in [0.05, 0.1) is 0 Å². The van der Waals surface area contributed by atoms with Crippen molar-refractivity contribution in [2.45, 2.75) is 44.4 Å². The third kappa shape index (κ3) is 4.75. The predicted octanol–water partition coefficient (Wildman–Crippen LogP) is 3.82. The Bertz CT molecular complexity index is 411. The fourth-order valence-corrected chi connectivity index (χ4v) is 2.71. The van der Waals surface area contributed by atoms with Crippen LogP contribution in [-0.4, -0.2) is 19.0 Å². The van der Waals surface area contributed by atoms with Crippen LogP contribution >= 0.6 is 0 Å². The molecule has 0 saturated heterocycles. The zero-order chi connectivity index (χ0) is 14.4. The van der Waals surface area contributed by atoms with Gasteiger partial charge in [0.1, 0.15) is 0 Å². The highest BCUT2D eigenvalue weighted by Gasteiger charge is 2.34. The minimum atomic E-state index is -2.43. The lowest BCUT2D eigenvalue weighted by Crippen LogP contribution is -2.28. The highest BCUT2D eigenvalue weighted by atomic mass is 19.3. The molecule has 2 rings (SSSR count). The molecule has 20 heavy (non-hydrogen) atoms. The fraction of sp³-hybridized carbons (Fsp3) is 0.625. The van der Waals surface area contributed by atoms with E-state index in [4.69, 9.17) is 5.73 Å². The zero-order valence-corrected chi connectivity index (χ0v) is 11.9. The number of hydrogen-bond donors (Lipinski definition) is 2. The first-order valence-corrected chi connectivity index (χ1v) is 7.50. The molecule has 0 heterocycles. The quantitative estimate of drug-likeness (QED) is 0.832. The molecule has 1 saturated carbocycles. The van der Waals surface area contributed by atoms with Crippen molar-refractivity contribution >= 4 is 5.69 Å². The van der Waals surface area contributed by atoms with Crippen molar-refractivity contribution in [3.8, 4) is 0 Å². The molecule has 1 aliphatic rings. The topological polar surface area (TPSA) is 38.0 Å². The summed E-state index contributed by atoms with van der Waals surface area (Å²) < 4.78 is 26.2. The van der Waals surface area contributed by atoms with Crippen LogP contribution in [-0.2, 0) is 6.42 Å². The molecule has 112 valence electrons. The summed E-state index contributed by atoms with van der Waals surface area (Å²) in [5, 5.41) is 3.38. The number of rotatable bonds is 6. The first-order chi connectivity index (χ1) is 9.59. The fourth-order valence-electron chi connectivity index (χ4n) is 2.71. The van der Waals surface area contributed by atoms with Gasteiger partial charge in [0.25, 0.3) is 0 Å². The largest absolute Gasteiger partial charge is 0.385 e. The van der Waals surface area contributed by atoms with Gasteiger partial charge in [0.15, 0.2) is 0 Å². The summed E-state index contributed by atoms with van der Waals surface area (Å²) in [6.45, 7) is 1.49. The number of nitrogens with one attached hydrogen (secondary N) is 1. The molecule has 1 aromatic carbocycles. The van der Waals surface area contributed by atoms with Gasteiger partial charge in [-0.15, -0.1) is 0 Å². The molecule has 0 spiro atoms. The monoisotopic (exact) mass is 282 g/mol. The van der Waals surface area contributed by atoms with Crippen LogP contribution in [0.5, 0.6) is 0 Å². The molecule has 3 N–H and O–H groups in total. The summed E-state index contributed by atoms with van der Waals surface area (Å²) in [5.74, 6) is -2.07. The number of aryl methyl sites for hydroxylation is 1. The molecule has 1 aliphatic carbocycles. The van der Waals surface area contributed by atoms with Crippen LogP contribution in [0.15, 0.2) is 24.3 Å². The van der Waals surface area contributed by atoms with E-state index in [1.165, 1.54) is 5.56 Å². The van der Waals surface area contributed by atoms with Crippen LogP contribution in [0.25, 0.3) is 0 Å². The average molecular weight is 282 g/mol. The second-order valence-electron chi connectivity index (χ2n) is 5.77. The smallest absolute Gasteiger partial charge is 0.248 e. The minimum Gasteiger partial charge on any atom is -0.385 e. The molecule has 1 aromatic rings. The standard InChI is InChI=1S/C16H24F2N2/c17-16(18)8-6-14(7-9-16)12-20-15-5-1-3-13(11-15)4-2-10-19/h1,3,5,11,14,20H,2,4,6-10,12,19H2. The van der Waals surface area contributed by atoms with Gasteiger partial charge in [-0.1, -0.05) is 12.1 Å². The van der Waals surface area contributed by atoms with E-state index in [-0.39, 0.29) is 12.8 Å². The van der Waals surface area contributed by atoms with Gasteiger partial charge in [-0.05, 0) is 55.8 Å². The molecule has 0 atom stereocenters. The van der Waals surface area contributed by atoms with Crippen molar-refractivity contribution in [2.75, 3.05) is 18.4 Å². The number of alkyl halides is 2. The number of benzene rings is 1. The predicted molar refractivity (Wildman–Crippen MR) is 79.2 cm³/mol. The lowest BCUT2D eigenvalue weighted by atomic mass is 9.87. The van der Waals surface area contributed by atoms with Crippen molar-refractivity contribution in [3.63, 3.8) is 0 Å². The first kappa shape index (κ1) is 15.2. The molecule has 2 nitrogen and oxygen atoms in total. The summed E-state index contributed by atoms with van der Waals surface area (Å²) >= 11 is 0. The highest BCUT2D eigenvalue weighted by molar-refractivity contribution is 5.45. The maximum absolute atomic E-state index is 13.1. The lowest BCUT2D eigenvalue weighted by Gasteiger charge is -2.28. The van der Waals surface area contributed by atoms with Crippen molar-refractivity contribution in [1.82, 2.24) is 0 Å². The third-order valence-corrected chi connectivity index (χ3v) is 4.03. The van der Waals surface area contributed by atoms with Gasteiger partial charge in [-0.2, -0.15) is 0 Å². The SMILES string of the molecule is NCCCc1cccc(NCC2CCC(F)(F)CC2)c1. The van der Waals surface area contributed by atoms with E-state index in [0.29, 0.717) is 25.3 Å². The van der Waals surface area contributed by atoms with Gasteiger partial charge < -0.3 is 11.1 Å². The summed E-state index contributed by atoms with van der Waals surface area (Å²) in [4.78, 5) is 0. The zero-order valence-electron chi connectivity index (χ0n) is 11.9. The van der Waals surface area contributed by atoms with Crippen molar-refractivity contribution in [2.24, 2.45) is 11.7 Å². The Kier molecular flexibility index (Phi) is 5.35. The van der Waals surface area contributed by atoms with Crippen LogP contribution in [0, 0.1) is 5.92 Å². The Morgan fingerprint density at radius 1 is 1.25 bits per heavy atom. The Balaban J connectivity index is 1.79. The van der Waals surface area contributed by atoms with Gasteiger partial charge in [0, 0.05) is 25.1 Å². The summed E-state index contributed by atoms with van der Waals surface area (Å²) in [6, 6.07) is 8.29. The average Bonchev–Trinajstić information content (AvgIpc) is 2.44. The molecular formula is C16H24F2N2. The van der Waals surface area contributed by atoms with E-state index < -0.39 is 5.92 Å². The minimum absolute atomic E-state index is 0.0376. The Morgan fingerprint density at radius 2 is 2.00 bits per heavy atom. The van der Waals surface area contributed by atoms with Crippen LogP contribution < -0.4 is 11.1 Å². The van der Waals surface area contributed by atoms with Gasteiger partial charge >= 0.3 is 0 Å². The molecule has 0 aliphatic heterocycles. The summed E-state index contributed by atoms with van der Waals surface area (Å²) in [6.07, 6.45) is 3.29. The van der Waals surface area contributed by atoms with Crippen molar-refractivity contribution < 1.29 is 8.78 Å². The van der Waals surface area contributed by atoms with E-state index in [2.05, 4.69) is 17.4 Å². The maximum atomic E-state index is 13.1. The van der Waals surface area contributed by atoms with Gasteiger partial charge in [-0.25, -0.2) is 8.78 Å². The Labute approximate surface area is 119 Å². The van der Waals surface area contributed by atoms with E-state index >= 15 is 0 Å². The number of halogens is 2. The number of anilines is 1. The van der Waals surface area contributed by atoms with Crippen molar-refractivity contribution in [1.29, 1.82) is 0 Å². The molecule has 4 heteroatoms. The summed E-state index contributed by atoms with van der Waals surface area (Å²) in [7, 11) is 0. The molecule has 1 fully saturated rings. The number of hydrogen-bond acceptors (Lipinski definition) is 2. The molecule has 0 unspecified atom stereocenters. The second-order valence-corrected chi connectivity index (χ2v) is 5.77. The second kappa shape index (κ2) is 7.02. The van der Waals surface area contributed by atoms with Crippen LogP contribution in [0.2, 0.25) is 0 Å². The first-order valence-electron chi connectivity index (χ1n) is 7.50. The Hall–Kier alpha value is -1.16. The summed E-state index contributed by atoms with van der Waals surface area (Å²) in [5.41, 5.74) is 7.87. The van der Waals surface area contributed by atoms with Gasteiger partial charge in [0.2, 0.25) is 5.92 Å². The highest BCUT2D eigenvalue weighted by Crippen LogP contribution is 2.36. The van der Waals surface area contributed by atoms with Crippen LogP contribution in [0.1, 0.15) is 37.7 Å². The third-order valence-electron chi connectivity index (χ3n) is 4.03. The van der Waals surface area contributed by atoms with Gasteiger partial charge in [-0.3, -0.25) is 0 Å². The maximum Gasteiger partial charge on any atom is 0.248 e. The van der Waals surface area contributed by atoms with E-state index in [1.807, 2.05) is 12.1 Å². The Morgan fingerprint density at radius 3 is 2.70 bits per heavy atom. The molecule has 0 radical (unpaired) electrons. The van der Waals surface area contributed by atoms with E-state index in [1.54, 1.807) is 0 Å². The van der Waals surface area contributed by atoms with Crippen LogP contribution in [0.4, 0.5) is 14.5 Å².